The molecule has 0 radical (unpaired) electrons. The number of anilines is 1. The van der Waals surface area contributed by atoms with Crippen LogP contribution in [0.5, 0.6) is 0 Å². The number of nitrogens with zero attached hydrogens (tertiary/aromatic N) is 2. The van der Waals surface area contributed by atoms with Crippen LogP contribution in [-0.4, -0.2) is 25.7 Å². The SMILES string of the molecule is CNCc1ccc(F)cc1S(=O)(=O)Nc1cccnn1. The summed E-state index contributed by atoms with van der Waals surface area (Å²) >= 11 is 0. The van der Waals surface area contributed by atoms with E-state index in [1.165, 1.54) is 24.4 Å². The van der Waals surface area contributed by atoms with Crippen molar-refractivity contribution in [3.05, 3.63) is 47.9 Å². The Kier molecular flexibility index (Phi) is 4.26. The first-order chi connectivity index (χ1) is 9.53. The maximum Gasteiger partial charge on any atom is 0.263 e. The Morgan fingerprint density at radius 2 is 2.10 bits per heavy atom. The van der Waals surface area contributed by atoms with Crippen LogP contribution in [-0.2, 0) is 16.6 Å². The Bertz CT molecular complexity index is 692. The third-order valence-corrected chi connectivity index (χ3v) is 3.93. The first-order valence-corrected chi connectivity index (χ1v) is 7.25. The summed E-state index contributed by atoms with van der Waals surface area (Å²) in [6, 6.07) is 6.63. The number of aromatic nitrogens is 2. The van der Waals surface area contributed by atoms with E-state index in [9.17, 15) is 12.8 Å². The number of rotatable bonds is 5. The highest BCUT2D eigenvalue weighted by Gasteiger charge is 2.19. The second-order valence-electron chi connectivity index (χ2n) is 4.00. The van der Waals surface area contributed by atoms with Gasteiger partial charge in [-0.15, -0.1) is 5.10 Å². The van der Waals surface area contributed by atoms with Gasteiger partial charge in [-0.3, -0.25) is 4.72 Å². The van der Waals surface area contributed by atoms with Gasteiger partial charge in [0.1, 0.15) is 5.82 Å². The molecule has 0 aliphatic heterocycles. The fraction of sp³-hybridized carbons (Fsp3) is 0.167. The number of hydrogen-bond acceptors (Lipinski definition) is 5. The normalized spacial score (nSPS) is 11.3. The minimum absolute atomic E-state index is 0.0761. The molecule has 106 valence electrons. The molecule has 0 spiro atoms. The Morgan fingerprint density at radius 1 is 1.30 bits per heavy atom. The Hall–Kier alpha value is -2.06. The zero-order valence-electron chi connectivity index (χ0n) is 10.7. The van der Waals surface area contributed by atoms with Gasteiger partial charge in [0, 0.05) is 12.7 Å². The molecule has 0 amide bonds. The van der Waals surface area contributed by atoms with E-state index in [4.69, 9.17) is 0 Å². The predicted molar refractivity (Wildman–Crippen MR) is 72.0 cm³/mol. The zero-order valence-corrected chi connectivity index (χ0v) is 11.5. The summed E-state index contributed by atoms with van der Waals surface area (Å²) in [6.07, 6.45) is 1.42. The summed E-state index contributed by atoms with van der Waals surface area (Å²) < 4.78 is 40.1. The fourth-order valence-corrected chi connectivity index (χ4v) is 2.91. The van der Waals surface area contributed by atoms with Crippen molar-refractivity contribution >= 4 is 15.8 Å². The van der Waals surface area contributed by atoms with Crippen molar-refractivity contribution in [3.63, 3.8) is 0 Å². The van der Waals surface area contributed by atoms with E-state index in [0.29, 0.717) is 12.1 Å². The lowest BCUT2D eigenvalue weighted by Crippen LogP contribution is -2.18. The van der Waals surface area contributed by atoms with E-state index in [-0.39, 0.29) is 10.7 Å². The summed E-state index contributed by atoms with van der Waals surface area (Å²) in [5, 5.41) is 10.1. The molecule has 0 bridgehead atoms. The van der Waals surface area contributed by atoms with Crippen molar-refractivity contribution in [2.45, 2.75) is 11.4 Å². The van der Waals surface area contributed by atoms with Gasteiger partial charge in [0.05, 0.1) is 4.90 Å². The van der Waals surface area contributed by atoms with Crippen LogP contribution in [0.1, 0.15) is 5.56 Å². The predicted octanol–water partition coefficient (Wildman–Crippen LogP) is 1.14. The van der Waals surface area contributed by atoms with Crippen LogP contribution in [0.2, 0.25) is 0 Å². The molecule has 6 nitrogen and oxygen atoms in total. The minimum Gasteiger partial charge on any atom is -0.316 e. The third kappa shape index (κ3) is 3.28. The van der Waals surface area contributed by atoms with Gasteiger partial charge in [0.15, 0.2) is 5.82 Å². The Balaban J connectivity index is 2.41. The number of hydrogen-bond donors (Lipinski definition) is 2. The quantitative estimate of drug-likeness (QED) is 0.864. The van der Waals surface area contributed by atoms with Crippen molar-refractivity contribution in [1.29, 1.82) is 0 Å². The van der Waals surface area contributed by atoms with E-state index < -0.39 is 15.8 Å². The van der Waals surface area contributed by atoms with Gasteiger partial charge < -0.3 is 5.32 Å². The van der Waals surface area contributed by atoms with Gasteiger partial charge in [-0.25, -0.2) is 12.8 Å². The van der Waals surface area contributed by atoms with Crippen LogP contribution in [0.4, 0.5) is 10.2 Å². The lowest BCUT2D eigenvalue weighted by atomic mass is 10.2. The van der Waals surface area contributed by atoms with Crippen LogP contribution >= 0.6 is 0 Å². The molecule has 1 aromatic carbocycles. The van der Waals surface area contributed by atoms with E-state index in [1.807, 2.05) is 0 Å². The molecule has 1 aromatic heterocycles. The smallest absolute Gasteiger partial charge is 0.263 e. The average Bonchev–Trinajstić information content (AvgIpc) is 2.41. The van der Waals surface area contributed by atoms with E-state index >= 15 is 0 Å². The molecule has 2 aromatic rings. The van der Waals surface area contributed by atoms with Crippen LogP contribution in [0.25, 0.3) is 0 Å². The largest absolute Gasteiger partial charge is 0.316 e. The van der Waals surface area contributed by atoms with E-state index in [2.05, 4.69) is 20.2 Å². The first kappa shape index (κ1) is 14.4. The summed E-state index contributed by atoms with van der Waals surface area (Å²) in [6.45, 7) is 0.303. The van der Waals surface area contributed by atoms with Crippen molar-refractivity contribution in [2.75, 3.05) is 11.8 Å². The van der Waals surface area contributed by atoms with Crippen LogP contribution in [0.3, 0.4) is 0 Å². The molecule has 1 heterocycles. The van der Waals surface area contributed by atoms with Crippen molar-refractivity contribution < 1.29 is 12.8 Å². The van der Waals surface area contributed by atoms with Gasteiger partial charge >= 0.3 is 0 Å². The first-order valence-electron chi connectivity index (χ1n) is 5.76. The number of benzene rings is 1. The van der Waals surface area contributed by atoms with Crippen LogP contribution < -0.4 is 10.0 Å². The lowest BCUT2D eigenvalue weighted by molar-refractivity contribution is 0.591. The van der Waals surface area contributed by atoms with Crippen molar-refractivity contribution in [2.24, 2.45) is 0 Å². The van der Waals surface area contributed by atoms with E-state index in [1.54, 1.807) is 13.1 Å². The maximum atomic E-state index is 13.3. The molecular weight excluding hydrogens is 283 g/mol. The van der Waals surface area contributed by atoms with E-state index in [0.717, 1.165) is 6.07 Å². The molecule has 2 rings (SSSR count). The summed E-state index contributed by atoms with van der Waals surface area (Å²) in [4.78, 5) is -0.127. The molecule has 0 aliphatic rings. The van der Waals surface area contributed by atoms with Gasteiger partial charge in [0.2, 0.25) is 0 Å². The minimum atomic E-state index is -3.92. The topological polar surface area (TPSA) is 84.0 Å². The van der Waals surface area contributed by atoms with Crippen LogP contribution in [0.15, 0.2) is 41.4 Å². The molecular formula is C12H13FN4O2S. The molecule has 0 saturated carbocycles. The molecule has 2 N–H and O–H groups in total. The van der Waals surface area contributed by atoms with Crippen molar-refractivity contribution in [1.82, 2.24) is 15.5 Å². The Morgan fingerprint density at radius 3 is 2.75 bits per heavy atom. The van der Waals surface area contributed by atoms with Gasteiger partial charge in [-0.2, -0.15) is 5.10 Å². The fourth-order valence-electron chi connectivity index (χ4n) is 1.66. The highest BCUT2D eigenvalue weighted by molar-refractivity contribution is 7.92. The standard InChI is InChI=1S/C12H13FN4O2S/c1-14-8-9-4-5-10(13)7-11(9)20(18,19)17-12-3-2-6-15-16-12/h2-7,14H,8H2,1H3,(H,16,17). The summed E-state index contributed by atoms with van der Waals surface area (Å²) in [7, 11) is -2.24. The lowest BCUT2D eigenvalue weighted by Gasteiger charge is -2.11. The molecule has 0 aliphatic carbocycles. The molecule has 0 unspecified atom stereocenters. The second-order valence-corrected chi connectivity index (χ2v) is 5.65. The number of sulfonamides is 1. The molecule has 0 saturated heterocycles. The maximum absolute atomic E-state index is 13.3. The highest BCUT2D eigenvalue weighted by atomic mass is 32.2. The van der Waals surface area contributed by atoms with Gasteiger partial charge in [-0.1, -0.05) is 6.07 Å². The average molecular weight is 296 g/mol. The zero-order chi connectivity index (χ0) is 14.6. The Labute approximate surface area is 116 Å². The van der Waals surface area contributed by atoms with Crippen LogP contribution in [0, 0.1) is 5.82 Å². The molecule has 0 fully saturated rings. The van der Waals surface area contributed by atoms with Gasteiger partial charge in [-0.05, 0) is 36.9 Å². The monoisotopic (exact) mass is 296 g/mol. The second kappa shape index (κ2) is 5.93. The van der Waals surface area contributed by atoms with Crippen molar-refractivity contribution in [3.8, 4) is 0 Å². The molecule has 8 heteroatoms. The highest BCUT2D eigenvalue weighted by Crippen LogP contribution is 2.19. The van der Waals surface area contributed by atoms with Gasteiger partial charge in [0.25, 0.3) is 10.0 Å². The summed E-state index contributed by atoms with van der Waals surface area (Å²) in [5.41, 5.74) is 0.463. The number of nitrogens with one attached hydrogen (secondary N) is 2. The third-order valence-electron chi connectivity index (χ3n) is 2.50. The molecule has 20 heavy (non-hydrogen) atoms. The number of halogens is 1. The molecule has 0 atom stereocenters. The summed E-state index contributed by atoms with van der Waals surface area (Å²) in [5.74, 6) is -0.545.